The number of para-hydroxylation sites is 1. The van der Waals surface area contributed by atoms with Gasteiger partial charge in [-0.25, -0.2) is 4.79 Å². The summed E-state index contributed by atoms with van der Waals surface area (Å²) >= 11 is 6.46. The first kappa shape index (κ1) is 33.7. The summed E-state index contributed by atoms with van der Waals surface area (Å²) in [5.74, 6) is 1.53. The zero-order chi connectivity index (χ0) is 30.7. The van der Waals surface area contributed by atoms with Crippen molar-refractivity contribution in [2.45, 2.75) is 91.8 Å². The normalized spacial score (nSPS) is 12.7. The van der Waals surface area contributed by atoms with E-state index in [0.717, 1.165) is 24.8 Å². The Morgan fingerprint density at radius 3 is 2.32 bits per heavy atom. The predicted octanol–water partition coefficient (Wildman–Crippen LogP) is 7.27. The van der Waals surface area contributed by atoms with Crippen LogP contribution in [0, 0.1) is 25.2 Å². The number of carbonyl (C=O) groups excluding carboxylic acids is 3. The number of ether oxygens (including phenoxy) is 1. The van der Waals surface area contributed by atoms with Gasteiger partial charge in [0, 0.05) is 12.1 Å². The van der Waals surface area contributed by atoms with Crippen molar-refractivity contribution in [1.82, 2.24) is 10.2 Å². The van der Waals surface area contributed by atoms with E-state index in [1.165, 1.54) is 4.90 Å². The lowest BCUT2D eigenvalue weighted by Gasteiger charge is -2.36. The van der Waals surface area contributed by atoms with Crippen LogP contribution in [0.4, 0.5) is 10.5 Å². The van der Waals surface area contributed by atoms with Crippen molar-refractivity contribution in [1.29, 1.82) is 0 Å². The summed E-state index contributed by atoms with van der Waals surface area (Å²) < 4.78 is 5.45. The van der Waals surface area contributed by atoms with Gasteiger partial charge in [-0.05, 0) is 63.3 Å². The highest BCUT2D eigenvalue weighted by atomic mass is 35.5. The Bertz CT molecular complexity index is 1230. The molecule has 0 saturated heterocycles. The molecule has 0 fully saturated rings. The molecule has 7 nitrogen and oxygen atoms in total. The van der Waals surface area contributed by atoms with Crippen LogP contribution in [0.5, 0.6) is 0 Å². The third-order valence-corrected chi connectivity index (χ3v) is 6.90. The van der Waals surface area contributed by atoms with Crippen LogP contribution in [0.1, 0.15) is 90.0 Å². The van der Waals surface area contributed by atoms with E-state index in [1.807, 2.05) is 26.8 Å². The summed E-state index contributed by atoms with van der Waals surface area (Å²) in [6.45, 7) is 13.2. The molecule has 41 heavy (non-hydrogen) atoms. The molecule has 0 saturated carbocycles. The van der Waals surface area contributed by atoms with Gasteiger partial charge in [-0.2, -0.15) is 0 Å². The second kappa shape index (κ2) is 15.5. The number of terminal acetylenes is 1. The smallest absolute Gasteiger partial charge is 0.408 e. The molecule has 0 aliphatic rings. The number of rotatable bonds is 12. The predicted molar refractivity (Wildman–Crippen MR) is 166 cm³/mol. The number of hydrogen-bond acceptors (Lipinski definition) is 4. The minimum Gasteiger partial charge on any atom is -0.444 e. The van der Waals surface area contributed by atoms with Crippen molar-refractivity contribution in [3.8, 4) is 12.3 Å². The van der Waals surface area contributed by atoms with E-state index in [0.29, 0.717) is 28.3 Å². The molecule has 0 aliphatic heterocycles. The van der Waals surface area contributed by atoms with E-state index >= 15 is 0 Å². The van der Waals surface area contributed by atoms with Crippen LogP contribution in [-0.4, -0.2) is 41.0 Å². The average molecular weight is 582 g/mol. The van der Waals surface area contributed by atoms with Gasteiger partial charge < -0.3 is 20.3 Å². The van der Waals surface area contributed by atoms with Gasteiger partial charge >= 0.3 is 6.09 Å². The van der Waals surface area contributed by atoms with Crippen molar-refractivity contribution in [2.24, 2.45) is 5.92 Å². The Morgan fingerprint density at radius 1 is 1.05 bits per heavy atom. The SMILES string of the molecule is C#Cc1ccccc1C(C(=O)Nc1c(C)cccc1Cl)N(CCCCCC)C(=O)C(NC(=O)OC(C)(C)C)C(C)C. The first-order valence-corrected chi connectivity index (χ1v) is 14.6. The lowest BCUT2D eigenvalue weighted by atomic mass is 9.95. The summed E-state index contributed by atoms with van der Waals surface area (Å²) in [6.07, 6.45) is 8.70. The maximum absolute atomic E-state index is 14.4. The molecule has 2 aromatic rings. The zero-order valence-corrected chi connectivity index (χ0v) is 26.1. The molecule has 3 amide bonds. The Kier molecular flexibility index (Phi) is 12.7. The van der Waals surface area contributed by atoms with Gasteiger partial charge in [0.2, 0.25) is 5.91 Å². The van der Waals surface area contributed by atoms with E-state index in [2.05, 4.69) is 23.5 Å². The summed E-state index contributed by atoms with van der Waals surface area (Å²) in [6, 6.07) is 10.4. The van der Waals surface area contributed by atoms with E-state index in [4.69, 9.17) is 22.8 Å². The summed E-state index contributed by atoms with van der Waals surface area (Å²) in [5.41, 5.74) is 1.52. The number of nitrogens with one attached hydrogen (secondary N) is 2. The van der Waals surface area contributed by atoms with Crippen molar-refractivity contribution in [3.63, 3.8) is 0 Å². The first-order chi connectivity index (χ1) is 19.3. The summed E-state index contributed by atoms with van der Waals surface area (Å²) in [4.78, 5) is 42.8. The lowest BCUT2D eigenvalue weighted by molar-refractivity contribution is -0.141. The standard InChI is InChI=1S/C33H44ClN3O4/c1-9-11-12-15-21-37(31(39)27(22(3)4)36-32(40)41-33(6,7)8)29(25-19-14-13-18-24(25)10-2)30(38)35-28-23(5)17-16-20-26(28)34/h2,13-14,16-20,22,27,29H,9,11-12,15,21H2,1,3-8H3,(H,35,38)(H,36,40). The van der Waals surface area contributed by atoms with E-state index in [1.54, 1.807) is 57.2 Å². The molecule has 0 bridgehead atoms. The molecule has 2 unspecified atom stereocenters. The minimum absolute atomic E-state index is 0.287. The molecular formula is C33H44ClN3O4. The Hall–Kier alpha value is -3.50. The number of alkyl carbamates (subject to hydrolysis) is 1. The van der Waals surface area contributed by atoms with Crippen molar-refractivity contribution in [3.05, 3.63) is 64.2 Å². The fourth-order valence-corrected chi connectivity index (χ4v) is 4.77. The topological polar surface area (TPSA) is 87.7 Å². The van der Waals surface area contributed by atoms with Gasteiger partial charge in [0.1, 0.15) is 17.7 Å². The Labute approximate surface area is 250 Å². The molecule has 222 valence electrons. The minimum atomic E-state index is -1.08. The largest absolute Gasteiger partial charge is 0.444 e. The zero-order valence-electron chi connectivity index (χ0n) is 25.3. The summed E-state index contributed by atoms with van der Waals surface area (Å²) in [7, 11) is 0. The molecule has 0 radical (unpaired) electrons. The average Bonchev–Trinajstić information content (AvgIpc) is 2.89. The second-order valence-corrected chi connectivity index (χ2v) is 11.9. The van der Waals surface area contributed by atoms with Gasteiger partial charge in [0.15, 0.2) is 0 Å². The maximum atomic E-state index is 14.4. The Morgan fingerprint density at radius 2 is 1.73 bits per heavy atom. The first-order valence-electron chi connectivity index (χ1n) is 14.2. The van der Waals surface area contributed by atoms with Crippen LogP contribution in [0.15, 0.2) is 42.5 Å². The highest BCUT2D eigenvalue weighted by molar-refractivity contribution is 6.34. The van der Waals surface area contributed by atoms with Crippen LogP contribution in [0.2, 0.25) is 5.02 Å². The van der Waals surface area contributed by atoms with Crippen molar-refractivity contribution in [2.75, 3.05) is 11.9 Å². The van der Waals surface area contributed by atoms with Crippen LogP contribution in [0.25, 0.3) is 0 Å². The van der Waals surface area contributed by atoms with Crippen LogP contribution in [0.3, 0.4) is 0 Å². The third-order valence-electron chi connectivity index (χ3n) is 6.58. The van der Waals surface area contributed by atoms with Crippen molar-refractivity contribution < 1.29 is 19.1 Å². The number of unbranched alkanes of at least 4 members (excludes halogenated alkanes) is 3. The number of aryl methyl sites for hydroxylation is 1. The van der Waals surface area contributed by atoms with Crippen LogP contribution in [-0.2, 0) is 14.3 Å². The number of benzene rings is 2. The van der Waals surface area contributed by atoms with E-state index in [9.17, 15) is 14.4 Å². The number of carbonyl (C=O) groups is 3. The van der Waals surface area contributed by atoms with Crippen LogP contribution >= 0.6 is 11.6 Å². The third kappa shape index (κ3) is 9.82. The molecule has 0 heterocycles. The highest BCUT2D eigenvalue weighted by Gasteiger charge is 2.38. The van der Waals surface area contributed by atoms with Gasteiger partial charge in [0.05, 0.1) is 10.7 Å². The molecule has 0 spiro atoms. The van der Waals surface area contributed by atoms with E-state index in [-0.39, 0.29) is 12.5 Å². The quantitative estimate of drug-likeness (QED) is 0.204. The number of halogens is 1. The number of anilines is 1. The molecule has 2 atom stereocenters. The molecule has 8 heteroatoms. The molecule has 2 N–H and O–H groups in total. The van der Waals surface area contributed by atoms with Gasteiger partial charge in [-0.1, -0.05) is 87.9 Å². The Balaban J connectivity index is 2.63. The van der Waals surface area contributed by atoms with Crippen molar-refractivity contribution >= 4 is 35.2 Å². The molecule has 0 aromatic heterocycles. The second-order valence-electron chi connectivity index (χ2n) is 11.5. The molecule has 2 rings (SSSR count). The number of nitrogens with zero attached hydrogens (tertiary/aromatic N) is 1. The fourth-order valence-electron chi connectivity index (χ4n) is 4.50. The van der Waals surface area contributed by atoms with Gasteiger partial charge in [0.25, 0.3) is 5.91 Å². The molecular weight excluding hydrogens is 538 g/mol. The monoisotopic (exact) mass is 581 g/mol. The number of amides is 3. The summed E-state index contributed by atoms with van der Waals surface area (Å²) in [5, 5.41) is 6.10. The van der Waals surface area contributed by atoms with Gasteiger partial charge in [-0.15, -0.1) is 6.42 Å². The maximum Gasteiger partial charge on any atom is 0.408 e. The van der Waals surface area contributed by atoms with E-state index < -0.39 is 35.6 Å². The fraction of sp³-hybridized carbons (Fsp3) is 0.485. The van der Waals surface area contributed by atoms with Crippen LogP contribution < -0.4 is 10.6 Å². The lowest BCUT2D eigenvalue weighted by Crippen LogP contribution is -2.54. The number of hydrogen-bond donors (Lipinski definition) is 2. The molecule has 2 aromatic carbocycles. The highest BCUT2D eigenvalue weighted by Crippen LogP contribution is 2.31. The van der Waals surface area contributed by atoms with Gasteiger partial charge in [-0.3, -0.25) is 9.59 Å². The molecule has 0 aliphatic carbocycles.